The fraction of sp³-hybridized carbons (Fsp3) is 0.500. The van der Waals surface area contributed by atoms with Crippen molar-refractivity contribution in [3.05, 3.63) is 35.4 Å². The lowest BCUT2D eigenvalue weighted by atomic mass is 9.77. The second-order valence-corrected chi connectivity index (χ2v) is 4.26. The Morgan fingerprint density at radius 2 is 2.00 bits per heavy atom. The normalized spacial score (nSPS) is 28.9. The van der Waals surface area contributed by atoms with Crippen molar-refractivity contribution in [2.45, 2.75) is 18.8 Å². The highest BCUT2D eigenvalue weighted by Crippen LogP contribution is 2.37. The van der Waals surface area contributed by atoms with Crippen LogP contribution in [-0.4, -0.2) is 13.1 Å². The summed E-state index contributed by atoms with van der Waals surface area (Å²) >= 11 is 0. The molecule has 1 aliphatic carbocycles. The molecule has 1 aromatic rings. The molecule has 2 aliphatic rings. The molecule has 1 aliphatic heterocycles. The zero-order valence-corrected chi connectivity index (χ0v) is 9.02. The summed E-state index contributed by atoms with van der Waals surface area (Å²) in [4.78, 5) is 0. The average Bonchev–Trinajstić information content (AvgIpc) is 2.65. The van der Waals surface area contributed by atoms with Gasteiger partial charge in [0.15, 0.2) is 0 Å². The molecular weight excluding hydrogens is 194 g/mol. The first-order valence-electron chi connectivity index (χ1n) is 5.23. The van der Waals surface area contributed by atoms with Crippen LogP contribution >= 0.6 is 12.4 Å². The van der Waals surface area contributed by atoms with Gasteiger partial charge in [0, 0.05) is 12.5 Å². The molecule has 0 bridgehead atoms. The largest absolute Gasteiger partial charge is 0.316 e. The summed E-state index contributed by atoms with van der Waals surface area (Å²) < 4.78 is 0. The van der Waals surface area contributed by atoms with Gasteiger partial charge in [0.25, 0.3) is 0 Å². The van der Waals surface area contributed by atoms with Crippen LogP contribution < -0.4 is 5.32 Å². The van der Waals surface area contributed by atoms with Crippen LogP contribution in [0.5, 0.6) is 0 Å². The third kappa shape index (κ3) is 1.45. The third-order valence-corrected chi connectivity index (χ3v) is 3.58. The molecule has 3 rings (SSSR count). The summed E-state index contributed by atoms with van der Waals surface area (Å²) in [5, 5.41) is 3.51. The van der Waals surface area contributed by atoms with Crippen molar-refractivity contribution in [2.24, 2.45) is 5.92 Å². The Morgan fingerprint density at radius 1 is 1.14 bits per heavy atom. The van der Waals surface area contributed by atoms with Crippen LogP contribution in [-0.2, 0) is 6.42 Å². The van der Waals surface area contributed by atoms with Crippen LogP contribution in [0.1, 0.15) is 23.5 Å². The van der Waals surface area contributed by atoms with Gasteiger partial charge in [-0.25, -0.2) is 0 Å². The van der Waals surface area contributed by atoms with Gasteiger partial charge in [0.1, 0.15) is 0 Å². The standard InChI is InChI=1S/C12H15N.ClH/c1-2-4-11-9(3-1)5-6-10-7-13-8-12(10)11;/h1-4,10,12-13H,5-8H2;1H/t10-,12+;/m0./s1. The zero-order chi connectivity index (χ0) is 8.67. The van der Waals surface area contributed by atoms with Crippen LogP contribution in [0.3, 0.4) is 0 Å². The Kier molecular flexibility index (Phi) is 2.80. The predicted molar refractivity (Wildman–Crippen MR) is 61.1 cm³/mol. The predicted octanol–water partition coefficient (Wildman–Crippen LogP) is 2.36. The zero-order valence-electron chi connectivity index (χ0n) is 8.20. The fourth-order valence-corrected chi connectivity index (χ4v) is 2.86. The Bertz CT molecular complexity index is 324. The Balaban J connectivity index is 0.000000750. The second-order valence-electron chi connectivity index (χ2n) is 4.26. The van der Waals surface area contributed by atoms with E-state index >= 15 is 0 Å². The van der Waals surface area contributed by atoms with Gasteiger partial charge in [0.05, 0.1) is 0 Å². The van der Waals surface area contributed by atoms with Crippen molar-refractivity contribution in [1.82, 2.24) is 5.32 Å². The van der Waals surface area contributed by atoms with Gasteiger partial charge >= 0.3 is 0 Å². The molecule has 0 spiro atoms. The van der Waals surface area contributed by atoms with Gasteiger partial charge in [-0.15, -0.1) is 12.4 Å². The smallest absolute Gasteiger partial charge is 0.00235 e. The van der Waals surface area contributed by atoms with E-state index in [1.165, 1.54) is 25.9 Å². The lowest BCUT2D eigenvalue weighted by molar-refractivity contribution is 0.451. The van der Waals surface area contributed by atoms with Gasteiger partial charge < -0.3 is 5.32 Å². The van der Waals surface area contributed by atoms with Crippen molar-refractivity contribution in [3.8, 4) is 0 Å². The first-order valence-corrected chi connectivity index (χ1v) is 5.23. The van der Waals surface area contributed by atoms with E-state index in [1.807, 2.05) is 0 Å². The molecular formula is C12H16ClN. The first-order chi connectivity index (χ1) is 6.45. The maximum atomic E-state index is 3.51. The molecule has 2 heteroatoms. The minimum atomic E-state index is 0. The molecule has 0 unspecified atom stereocenters. The number of nitrogens with one attached hydrogen (secondary N) is 1. The van der Waals surface area contributed by atoms with Gasteiger partial charge in [-0.05, 0) is 36.4 Å². The monoisotopic (exact) mass is 209 g/mol. The molecule has 14 heavy (non-hydrogen) atoms. The molecule has 2 atom stereocenters. The molecule has 76 valence electrons. The Morgan fingerprint density at radius 3 is 2.93 bits per heavy atom. The van der Waals surface area contributed by atoms with Crippen LogP contribution in [0.2, 0.25) is 0 Å². The number of fused-ring (bicyclic) bond motifs is 3. The SMILES string of the molecule is Cl.c1ccc2c(c1)CC[C@H]1CNC[C@@H]21. The van der Waals surface area contributed by atoms with Crippen LogP contribution in [0.25, 0.3) is 0 Å². The number of rotatable bonds is 0. The first kappa shape index (κ1) is 10.0. The minimum absolute atomic E-state index is 0. The lowest BCUT2D eigenvalue weighted by Crippen LogP contribution is -2.18. The molecule has 1 N–H and O–H groups in total. The lowest BCUT2D eigenvalue weighted by Gasteiger charge is -2.27. The van der Waals surface area contributed by atoms with Gasteiger partial charge in [0.2, 0.25) is 0 Å². The molecule has 0 aromatic heterocycles. The van der Waals surface area contributed by atoms with Crippen LogP contribution in [0.15, 0.2) is 24.3 Å². The Labute approximate surface area is 91.3 Å². The highest BCUT2D eigenvalue weighted by Gasteiger charge is 2.32. The molecule has 0 amide bonds. The summed E-state index contributed by atoms with van der Waals surface area (Å²) in [6.07, 6.45) is 2.67. The van der Waals surface area contributed by atoms with Crippen LogP contribution in [0.4, 0.5) is 0 Å². The average molecular weight is 210 g/mol. The molecule has 1 fully saturated rings. The van der Waals surface area contributed by atoms with E-state index in [1.54, 1.807) is 11.1 Å². The molecule has 1 heterocycles. The van der Waals surface area contributed by atoms with E-state index in [0.29, 0.717) is 0 Å². The topological polar surface area (TPSA) is 12.0 Å². The molecule has 0 saturated carbocycles. The van der Waals surface area contributed by atoms with Crippen molar-refractivity contribution in [2.75, 3.05) is 13.1 Å². The van der Waals surface area contributed by atoms with Crippen molar-refractivity contribution in [1.29, 1.82) is 0 Å². The summed E-state index contributed by atoms with van der Waals surface area (Å²) in [6.45, 7) is 2.43. The van der Waals surface area contributed by atoms with Crippen molar-refractivity contribution < 1.29 is 0 Å². The quantitative estimate of drug-likeness (QED) is 0.692. The number of aryl methyl sites for hydroxylation is 1. The molecule has 0 radical (unpaired) electrons. The molecule has 1 saturated heterocycles. The number of hydrogen-bond acceptors (Lipinski definition) is 1. The number of hydrogen-bond donors (Lipinski definition) is 1. The minimum Gasteiger partial charge on any atom is -0.316 e. The van der Waals surface area contributed by atoms with E-state index < -0.39 is 0 Å². The summed E-state index contributed by atoms with van der Waals surface area (Å²) in [6, 6.07) is 8.96. The van der Waals surface area contributed by atoms with E-state index in [-0.39, 0.29) is 12.4 Å². The van der Waals surface area contributed by atoms with Crippen molar-refractivity contribution in [3.63, 3.8) is 0 Å². The third-order valence-electron chi connectivity index (χ3n) is 3.58. The van der Waals surface area contributed by atoms with Gasteiger partial charge in [-0.1, -0.05) is 24.3 Å². The highest BCUT2D eigenvalue weighted by molar-refractivity contribution is 5.85. The summed E-state index contributed by atoms with van der Waals surface area (Å²) in [5.41, 5.74) is 3.20. The van der Waals surface area contributed by atoms with E-state index in [9.17, 15) is 0 Å². The second kappa shape index (κ2) is 3.92. The summed E-state index contributed by atoms with van der Waals surface area (Å²) in [5.74, 6) is 1.72. The fourth-order valence-electron chi connectivity index (χ4n) is 2.86. The van der Waals surface area contributed by atoms with E-state index in [4.69, 9.17) is 0 Å². The molecule has 1 aromatic carbocycles. The number of halogens is 1. The van der Waals surface area contributed by atoms with E-state index in [0.717, 1.165) is 11.8 Å². The molecule has 1 nitrogen and oxygen atoms in total. The van der Waals surface area contributed by atoms with Crippen molar-refractivity contribution >= 4 is 12.4 Å². The van der Waals surface area contributed by atoms with Crippen LogP contribution in [0, 0.1) is 5.92 Å². The number of benzene rings is 1. The maximum Gasteiger partial charge on any atom is 0.00235 e. The van der Waals surface area contributed by atoms with Gasteiger partial charge in [-0.3, -0.25) is 0 Å². The van der Waals surface area contributed by atoms with Gasteiger partial charge in [-0.2, -0.15) is 0 Å². The highest BCUT2D eigenvalue weighted by atomic mass is 35.5. The summed E-state index contributed by atoms with van der Waals surface area (Å²) in [7, 11) is 0. The van der Waals surface area contributed by atoms with E-state index in [2.05, 4.69) is 29.6 Å². The maximum absolute atomic E-state index is 3.51. The Hall–Kier alpha value is -0.530.